The molecule has 21 heavy (non-hydrogen) atoms. The van der Waals surface area contributed by atoms with Gasteiger partial charge in [0.25, 0.3) is 5.91 Å². The van der Waals surface area contributed by atoms with Gasteiger partial charge in [-0.3, -0.25) is 9.59 Å². The minimum Gasteiger partial charge on any atom is -0.478 e. The number of rotatable bonds is 3. The van der Waals surface area contributed by atoms with Crippen molar-refractivity contribution in [2.45, 2.75) is 12.8 Å². The largest absolute Gasteiger partial charge is 0.478 e. The third kappa shape index (κ3) is 3.39. The van der Waals surface area contributed by atoms with Crippen molar-refractivity contribution in [3.05, 3.63) is 35.4 Å². The SMILES string of the molecule is COC(=O)C1CCN(C(=O)c2ccc(C(=O)O)cc2)CC1. The molecule has 0 bridgehead atoms. The van der Waals surface area contributed by atoms with E-state index in [1.807, 2.05) is 0 Å². The van der Waals surface area contributed by atoms with Crippen LogP contribution >= 0.6 is 0 Å². The molecule has 0 aromatic heterocycles. The zero-order valence-corrected chi connectivity index (χ0v) is 11.7. The minimum atomic E-state index is -1.02. The van der Waals surface area contributed by atoms with Gasteiger partial charge < -0.3 is 14.7 Å². The summed E-state index contributed by atoms with van der Waals surface area (Å²) >= 11 is 0. The summed E-state index contributed by atoms with van der Waals surface area (Å²) in [6.45, 7) is 0.999. The molecule has 1 saturated heterocycles. The first kappa shape index (κ1) is 15.0. The monoisotopic (exact) mass is 291 g/mol. The number of likely N-dealkylation sites (tertiary alicyclic amines) is 1. The summed E-state index contributed by atoms with van der Waals surface area (Å²) in [5.41, 5.74) is 0.604. The highest BCUT2D eigenvalue weighted by Gasteiger charge is 2.28. The molecule has 1 aliphatic rings. The number of ether oxygens (including phenoxy) is 1. The maximum Gasteiger partial charge on any atom is 0.335 e. The number of carbonyl (C=O) groups is 3. The normalized spacial score (nSPS) is 15.6. The van der Waals surface area contributed by atoms with Crippen molar-refractivity contribution in [2.24, 2.45) is 5.92 Å². The van der Waals surface area contributed by atoms with Gasteiger partial charge in [0.05, 0.1) is 18.6 Å². The maximum atomic E-state index is 12.3. The molecule has 112 valence electrons. The zero-order chi connectivity index (χ0) is 15.4. The van der Waals surface area contributed by atoms with Crippen LogP contribution in [0.1, 0.15) is 33.6 Å². The van der Waals surface area contributed by atoms with Crippen molar-refractivity contribution in [1.82, 2.24) is 4.90 Å². The third-order valence-electron chi connectivity index (χ3n) is 3.70. The molecule has 1 N–H and O–H groups in total. The van der Waals surface area contributed by atoms with Crippen LogP contribution in [0.2, 0.25) is 0 Å². The van der Waals surface area contributed by atoms with Crippen LogP contribution in [0.15, 0.2) is 24.3 Å². The molecule has 1 aromatic rings. The first-order valence-corrected chi connectivity index (χ1v) is 6.73. The van der Waals surface area contributed by atoms with Crippen molar-refractivity contribution >= 4 is 17.8 Å². The molecule has 0 unspecified atom stereocenters. The summed E-state index contributed by atoms with van der Waals surface area (Å²) < 4.78 is 4.71. The highest BCUT2D eigenvalue weighted by Crippen LogP contribution is 2.20. The van der Waals surface area contributed by atoms with E-state index in [1.165, 1.54) is 31.4 Å². The fourth-order valence-electron chi connectivity index (χ4n) is 2.42. The van der Waals surface area contributed by atoms with Crippen LogP contribution in [0.3, 0.4) is 0 Å². The number of benzene rings is 1. The van der Waals surface area contributed by atoms with Gasteiger partial charge in [-0.25, -0.2) is 4.79 Å². The Bertz CT molecular complexity index is 544. The van der Waals surface area contributed by atoms with E-state index in [4.69, 9.17) is 9.84 Å². The second kappa shape index (κ2) is 6.39. The fraction of sp³-hybridized carbons (Fsp3) is 0.400. The minimum absolute atomic E-state index is 0.143. The molecule has 0 spiro atoms. The van der Waals surface area contributed by atoms with Crippen LogP contribution in [0, 0.1) is 5.92 Å². The Morgan fingerprint density at radius 1 is 1.10 bits per heavy atom. The van der Waals surface area contributed by atoms with Gasteiger partial charge in [-0.1, -0.05) is 0 Å². The van der Waals surface area contributed by atoms with E-state index in [2.05, 4.69) is 0 Å². The third-order valence-corrected chi connectivity index (χ3v) is 3.70. The lowest BCUT2D eigenvalue weighted by atomic mass is 9.96. The Hall–Kier alpha value is -2.37. The Labute approximate surface area is 122 Å². The smallest absolute Gasteiger partial charge is 0.335 e. The van der Waals surface area contributed by atoms with Gasteiger partial charge in [-0.05, 0) is 37.1 Å². The quantitative estimate of drug-likeness (QED) is 0.851. The lowest BCUT2D eigenvalue weighted by Gasteiger charge is -2.30. The summed E-state index contributed by atoms with van der Waals surface area (Å²) in [6, 6.07) is 5.85. The lowest BCUT2D eigenvalue weighted by Crippen LogP contribution is -2.40. The summed E-state index contributed by atoms with van der Waals surface area (Å²) in [5.74, 6) is -1.54. The number of carboxylic acid groups (broad SMARTS) is 1. The van der Waals surface area contributed by atoms with Crippen molar-refractivity contribution in [2.75, 3.05) is 20.2 Å². The molecule has 0 saturated carbocycles. The van der Waals surface area contributed by atoms with Crippen molar-refractivity contribution in [3.63, 3.8) is 0 Å². The van der Waals surface area contributed by atoms with Gasteiger partial charge in [0.15, 0.2) is 0 Å². The van der Waals surface area contributed by atoms with Crippen molar-refractivity contribution in [3.8, 4) is 0 Å². The van der Waals surface area contributed by atoms with Crippen molar-refractivity contribution in [1.29, 1.82) is 0 Å². The molecule has 6 heteroatoms. The van der Waals surface area contributed by atoms with Crippen LogP contribution in [0.4, 0.5) is 0 Å². The average Bonchev–Trinajstić information content (AvgIpc) is 2.53. The van der Waals surface area contributed by atoms with Crippen LogP contribution in [-0.4, -0.2) is 48.1 Å². The first-order valence-electron chi connectivity index (χ1n) is 6.73. The zero-order valence-electron chi connectivity index (χ0n) is 11.7. The van der Waals surface area contributed by atoms with Crippen LogP contribution in [0.5, 0.6) is 0 Å². The van der Waals surface area contributed by atoms with Gasteiger partial charge in [-0.2, -0.15) is 0 Å². The Morgan fingerprint density at radius 3 is 2.10 bits per heavy atom. The number of carboxylic acids is 1. The molecule has 0 radical (unpaired) electrons. The number of nitrogens with zero attached hydrogens (tertiary/aromatic N) is 1. The van der Waals surface area contributed by atoms with Gasteiger partial charge >= 0.3 is 11.9 Å². The average molecular weight is 291 g/mol. The van der Waals surface area contributed by atoms with E-state index >= 15 is 0 Å². The summed E-state index contributed by atoms with van der Waals surface area (Å²) in [4.78, 5) is 36.2. The Morgan fingerprint density at radius 2 is 1.62 bits per heavy atom. The molecule has 6 nitrogen and oxygen atoms in total. The summed E-state index contributed by atoms with van der Waals surface area (Å²) in [7, 11) is 1.36. The number of aromatic carboxylic acids is 1. The second-order valence-electron chi connectivity index (χ2n) is 4.97. The van der Waals surface area contributed by atoms with Gasteiger partial charge in [0, 0.05) is 18.7 Å². The lowest BCUT2D eigenvalue weighted by molar-refractivity contribution is -0.146. The maximum absolute atomic E-state index is 12.3. The highest BCUT2D eigenvalue weighted by atomic mass is 16.5. The van der Waals surface area contributed by atoms with Crippen molar-refractivity contribution < 1.29 is 24.2 Å². The topological polar surface area (TPSA) is 83.9 Å². The number of methoxy groups -OCH3 is 1. The number of hydrogen-bond donors (Lipinski definition) is 1. The summed E-state index contributed by atoms with van der Waals surface area (Å²) in [6.07, 6.45) is 1.18. The van der Waals surface area contributed by atoms with Crippen LogP contribution in [-0.2, 0) is 9.53 Å². The predicted molar refractivity (Wildman–Crippen MR) is 74.0 cm³/mol. The molecular formula is C15H17NO5. The number of piperidine rings is 1. The molecule has 0 aliphatic carbocycles. The first-order chi connectivity index (χ1) is 10.0. The predicted octanol–water partition coefficient (Wildman–Crippen LogP) is 1.41. The molecular weight excluding hydrogens is 274 g/mol. The van der Waals surface area contributed by atoms with Crippen LogP contribution < -0.4 is 0 Å². The van der Waals surface area contributed by atoms with Gasteiger partial charge in [-0.15, -0.1) is 0 Å². The molecule has 1 fully saturated rings. The molecule has 1 aromatic carbocycles. The second-order valence-corrected chi connectivity index (χ2v) is 4.97. The van der Waals surface area contributed by atoms with E-state index in [0.29, 0.717) is 31.5 Å². The van der Waals surface area contributed by atoms with E-state index in [1.54, 1.807) is 4.90 Å². The van der Waals surface area contributed by atoms with Crippen LogP contribution in [0.25, 0.3) is 0 Å². The molecule has 1 amide bonds. The molecule has 1 aliphatic heterocycles. The van der Waals surface area contributed by atoms with E-state index < -0.39 is 5.97 Å². The van der Waals surface area contributed by atoms with Gasteiger partial charge in [0.2, 0.25) is 0 Å². The molecule has 0 atom stereocenters. The Kier molecular flexibility index (Phi) is 4.57. The number of hydrogen-bond acceptors (Lipinski definition) is 4. The molecule has 1 heterocycles. The number of carbonyl (C=O) groups excluding carboxylic acids is 2. The van der Waals surface area contributed by atoms with E-state index in [9.17, 15) is 14.4 Å². The number of esters is 1. The Balaban J connectivity index is 1.98. The molecule has 2 rings (SSSR count). The fourth-order valence-corrected chi connectivity index (χ4v) is 2.42. The van der Waals surface area contributed by atoms with E-state index in [0.717, 1.165) is 0 Å². The highest BCUT2D eigenvalue weighted by molar-refractivity contribution is 5.96. The number of amides is 1. The standard InChI is InChI=1S/C15H17NO5/c1-21-15(20)12-6-8-16(9-7-12)13(17)10-2-4-11(5-3-10)14(18)19/h2-5,12H,6-9H2,1H3,(H,18,19). The van der Waals surface area contributed by atoms with E-state index in [-0.39, 0.29) is 23.4 Å². The summed E-state index contributed by atoms with van der Waals surface area (Å²) in [5, 5.41) is 8.83. The van der Waals surface area contributed by atoms with Gasteiger partial charge in [0.1, 0.15) is 0 Å².